The van der Waals surface area contributed by atoms with Crippen molar-refractivity contribution in [3.8, 4) is 0 Å². The van der Waals surface area contributed by atoms with Crippen LogP contribution in [0.1, 0.15) is 110 Å². The van der Waals surface area contributed by atoms with E-state index in [-0.39, 0.29) is 0 Å². The van der Waals surface area contributed by atoms with Crippen LogP contribution in [-0.4, -0.2) is 11.7 Å². The lowest BCUT2D eigenvalue weighted by molar-refractivity contribution is 0.282. The van der Waals surface area contributed by atoms with Gasteiger partial charge in [-0.3, -0.25) is 0 Å². The Morgan fingerprint density at radius 2 is 0.684 bits per heavy atom. The Hall–Kier alpha value is -0.0400. The number of rotatable bonds is 16. The quantitative estimate of drug-likeness (QED) is 0.329. The molecule has 0 amide bonds. The Balaban J connectivity index is 2.88. The van der Waals surface area contributed by atoms with E-state index in [9.17, 15) is 0 Å². The van der Waals surface area contributed by atoms with E-state index < -0.39 is 0 Å². The minimum Gasteiger partial charge on any atom is -0.396 e. The van der Waals surface area contributed by atoms with Gasteiger partial charge in [0, 0.05) is 6.61 Å². The van der Waals surface area contributed by atoms with E-state index in [0.29, 0.717) is 6.61 Å². The summed E-state index contributed by atoms with van der Waals surface area (Å²) in [6.45, 7) is 2.66. The summed E-state index contributed by atoms with van der Waals surface area (Å²) in [5, 5.41) is 8.67. The second-order valence-corrected chi connectivity index (χ2v) is 6.03. The minimum absolute atomic E-state index is 0.373. The van der Waals surface area contributed by atoms with E-state index in [2.05, 4.69) is 6.92 Å². The molecule has 0 aliphatic rings. The maximum absolute atomic E-state index is 8.67. The molecule has 0 radical (unpaired) electrons. The summed E-state index contributed by atoms with van der Waals surface area (Å²) < 4.78 is 0. The van der Waals surface area contributed by atoms with Crippen molar-refractivity contribution >= 4 is 0 Å². The molecule has 1 heteroatoms. The molecule has 0 saturated carbocycles. The van der Waals surface area contributed by atoms with Crippen molar-refractivity contribution in [1.29, 1.82) is 0 Å². The lowest BCUT2D eigenvalue weighted by atomic mass is 10.0. The molecule has 0 saturated heterocycles. The molecule has 0 unspecified atom stereocenters. The lowest BCUT2D eigenvalue weighted by Crippen LogP contribution is -1.85. The van der Waals surface area contributed by atoms with Gasteiger partial charge in [0.25, 0.3) is 0 Å². The van der Waals surface area contributed by atoms with E-state index in [0.717, 1.165) is 6.42 Å². The first kappa shape index (κ1) is 19.0. The summed E-state index contributed by atoms with van der Waals surface area (Å²) in [6.07, 6.45) is 22.2. The highest BCUT2D eigenvalue weighted by Crippen LogP contribution is 2.13. The molecular formula is C18H38O. The van der Waals surface area contributed by atoms with E-state index in [4.69, 9.17) is 5.11 Å². The smallest absolute Gasteiger partial charge is 0.0431 e. The largest absolute Gasteiger partial charge is 0.396 e. The first-order chi connectivity index (χ1) is 9.41. The SMILES string of the molecule is CCCCCCCCCCCCCCCCCC[16OH]. The molecular weight excluding hydrogens is 232 g/mol. The fourth-order valence-corrected chi connectivity index (χ4v) is 2.66. The summed E-state index contributed by atoms with van der Waals surface area (Å²) in [5.41, 5.74) is 0. The number of unbranched alkanes of at least 4 members (excludes halogenated alkanes) is 15. The second-order valence-electron chi connectivity index (χ2n) is 6.03. The highest BCUT2D eigenvalue weighted by Gasteiger charge is 1.94. The molecule has 0 aliphatic carbocycles. The van der Waals surface area contributed by atoms with Crippen molar-refractivity contribution in [2.75, 3.05) is 6.61 Å². The fourth-order valence-electron chi connectivity index (χ4n) is 2.66. The minimum atomic E-state index is 0.373. The van der Waals surface area contributed by atoms with Crippen molar-refractivity contribution in [3.63, 3.8) is 0 Å². The van der Waals surface area contributed by atoms with Crippen LogP contribution in [0.4, 0.5) is 0 Å². The van der Waals surface area contributed by atoms with Gasteiger partial charge in [-0.25, -0.2) is 0 Å². The van der Waals surface area contributed by atoms with Crippen molar-refractivity contribution in [2.24, 2.45) is 0 Å². The zero-order valence-corrected chi connectivity index (χ0v) is 13.5. The molecule has 0 heterocycles. The summed E-state index contributed by atoms with van der Waals surface area (Å²) in [6, 6.07) is 0. The van der Waals surface area contributed by atoms with Gasteiger partial charge in [-0.15, -0.1) is 0 Å². The second kappa shape index (κ2) is 18.0. The van der Waals surface area contributed by atoms with Gasteiger partial charge < -0.3 is 5.11 Å². The lowest BCUT2D eigenvalue weighted by Gasteiger charge is -2.03. The van der Waals surface area contributed by atoms with E-state index in [1.165, 1.54) is 96.3 Å². The Bertz CT molecular complexity index is 129. The first-order valence-corrected chi connectivity index (χ1v) is 9.02. The summed E-state index contributed by atoms with van der Waals surface area (Å²) in [7, 11) is 0. The summed E-state index contributed by atoms with van der Waals surface area (Å²) in [5.74, 6) is 0. The fraction of sp³-hybridized carbons (Fsp3) is 1.00. The standard InChI is InChI=1S/C18H38O/c1-2-3-4-5-6-7-8-9-10-11-12-13-14-15-16-17-18-19/h19H,2-18H2,1H3/i19+0. The maximum atomic E-state index is 8.67. The van der Waals surface area contributed by atoms with Crippen molar-refractivity contribution in [2.45, 2.75) is 110 Å². The van der Waals surface area contributed by atoms with Crippen LogP contribution in [-0.2, 0) is 0 Å². The maximum Gasteiger partial charge on any atom is 0.0431 e. The molecule has 1 N–H and O–H groups in total. The number of hydrogen-bond donors (Lipinski definition) is 1. The topological polar surface area (TPSA) is 20.2 Å². The summed E-state index contributed by atoms with van der Waals surface area (Å²) >= 11 is 0. The van der Waals surface area contributed by atoms with Gasteiger partial charge in [0.15, 0.2) is 0 Å². The molecule has 0 aromatic heterocycles. The van der Waals surface area contributed by atoms with Crippen LogP contribution in [0.5, 0.6) is 0 Å². The van der Waals surface area contributed by atoms with Crippen LogP contribution >= 0.6 is 0 Å². The van der Waals surface area contributed by atoms with Crippen LogP contribution in [0.2, 0.25) is 0 Å². The average Bonchev–Trinajstić information content (AvgIpc) is 2.43. The van der Waals surface area contributed by atoms with Crippen molar-refractivity contribution in [1.82, 2.24) is 0 Å². The molecule has 0 aromatic rings. The molecule has 0 rings (SSSR count). The Morgan fingerprint density at radius 1 is 0.421 bits per heavy atom. The number of aliphatic hydroxyl groups excluding tert-OH is 1. The predicted octanol–water partition coefficient (Wildman–Crippen LogP) is 6.24. The van der Waals surface area contributed by atoms with Crippen LogP contribution in [0, 0.1) is 0 Å². The number of aliphatic hydroxyl groups is 1. The van der Waals surface area contributed by atoms with Gasteiger partial charge in [-0.2, -0.15) is 0 Å². The molecule has 116 valence electrons. The highest BCUT2D eigenvalue weighted by molar-refractivity contribution is 4.49. The average molecular weight is 270 g/mol. The van der Waals surface area contributed by atoms with Crippen molar-refractivity contribution < 1.29 is 5.11 Å². The van der Waals surface area contributed by atoms with Crippen molar-refractivity contribution in [3.05, 3.63) is 0 Å². The monoisotopic (exact) mass is 270 g/mol. The predicted molar refractivity (Wildman–Crippen MR) is 86.6 cm³/mol. The normalized spacial score (nSPS) is 11.1. The van der Waals surface area contributed by atoms with Crippen LogP contribution in [0.25, 0.3) is 0 Å². The molecule has 0 bridgehead atoms. The third kappa shape index (κ3) is 18.0. The zero-order chi connectivity index (χ0) is 14.0. The number of hydrogen-bond acceptors (Lipinski definition) is 1. The van der Waals surface area contributed by atoms with Gasteiger partial charge in [0.1, 0.15) is 0 Å². The van der Waals surface area contributed by atoms with Gasteiger partial charge in [0.2, 0.25) is 0 Å². The Labute approximate surface area is 122 Å². The zero-order valence-electron chi connectivity index (χ0n) is 13.5. The van der Waals surface area contributed by atoms with E-state index in [1.54, 1.807) is 0 Å². The highest BCUT2D eigenvalue weighted by atomic mass is 16.2. The molecule has 1 nitrogen and oxygen atoms in total. The third-order valence-electron chi connectivity index (χ3n) is 4.01. The molecule has 0 aromatic carbocycles. The van der Waals surface area contributed by atoms with E-state index >= 15 is 0 Å². The molecule has 0 atom stereocenters. The Morgan fingerprint density at radius 3 is 0.947 bits per heavy atom. The Kier molecular flexibility index (Phi) is 17.9. The first-order valence-electron chi connectivity index (χ1n) is 9.02. The molecule has 19 heavy (non-hydrogen) atoms. The molecule has 0 fully saturated rings. The molecule has 0 aliphatic heterocycles. The van der Waals surface area contributed by atoms with Crippen LogP contribution in [0.3, 0.4) is 0 Å². The van der Waals surface area contributed by atoms with Gasteiger partial charge in [-0.05, 0) is 6.42 Å². The van der Waals surface area contributed by atoms with E-state index in [1.807, 2.05) is 0 Å². The van der Waals surface area contributed by atoms with Gasteiger partial charge in [-0.1, -0.05) is 103 Å². The third-order valence-corrected chi connectivity index (χ3v) is 4.01. The van der Waals surface area contributed by atoms with Crippen LogP contribution in [0.15, 0.2) is 0 Å². The summed E-state index contributed by atoms with van der Waals surface area (Å²) in [4.78, 5) is 0. The molecule has 0 spiro atoms. The van der Waals surface area contributed by atoms with Crippen LogP contribution < -0.4 is 0 Å². The van der Waals surface area contributed by atoms with Gasteiger partial charge in [0.05, 0.1) is 0 Å². The van der Waals surface area contributed by atoms with Gasteiger partial charge >= 0.3 is 0 Å².